The number of hydrogen-bond donors (Lipinski definition) is 0. The largest absolute Gasteiger partial charge is 0.497 e. The minimum Gasteiger partial charge on any atom is -0.497 e. The van der Waals surface area contributed by atoms with E-state index in [1.165, 1.54) is 30.2 Å². The fraction of sp³-hybridized carbons (Fsp3) is 0.357. The lowest BCUT2D eigenvalue weighted by atomic mass is 9.84. The average molecular weight is 693 g/mol. The van der Waals surface area contributed by atoms with Crippen molar-refractivity contribution in [3.63, 3.8) is 0 Å². The number of hydrogen-bond acceptors (Lipinski definition) is 6. The zero-order valence-corrected chi connectivity index (χ0v) is 26.3. The van der Waals surface area contributed by atoms with Gasteiger partial charge in [-0.2, -0.15) is 0 Å². The number of anilines is 2. The van der Waals surface area contributed by atoms with E-state index in [4.69, 9.17) is 79.1 Å². The van der Waals surface area contributed by atoms with Crippen molar-refractivity contribution in [2.24, 2.45) is 17.8 Å². The number of imide groups is 1. The average Bonchev–Trinajstić information content (AvgIpc) is 3.54. The molecule has 8 nitrogen and oxygen atoms in total. The first-order chi connectivity index (χ1) is 19.7. The van der Waals surface area contributed by atoms with Crippen molar-refractivity contribution < 1.29 is 28.7 Å². The van der Waals surface area contributed by atoms with Gasteiger partial charge in [0.05, 0.1) is 40.6 Å². The third-order valence-corrected chi connectivity index (χ3v) is 12.6. The van der Waals surface area contributed by atoms with Crippen LogP contribution in [-0.2, 0) is 19.2 Å². The Morgan fingerprint density at radius 1 is 0.905 bits per heavy atom. The smallest absolute Gasteiger partial charge is 0.316 e. The summed E-state index contributed by atoms with van der Waals surface area (Å²) in [6.07, 6.45) is -0.0190. The van der Waals surface area contributed by atoms with Crippen LogP contribution in [0.4, 0.5) is 11.4 Å². The number of allylic oxidation sites excluding steroid dienone is 2. The van der Waals surface area contributed by atoms with Gasteiger partial charge in [-0.1, -0.05) is 52.5 Å². The molecule has 0 spiro atoms. The highest BCUT2D eigenvalue weighted by molar-refractivity contribution is 6.67. The summed E-state index contributed by atoms with van der Waals surface area (Å²) in [5.74, 6) is -4.67. The Hall–Kier alpha value is -2.20. The minimum atomic E-state index is -2.03. The molecule has 6 rings (SSSR count). The summed E-state index contributed by atoms with van der Waals surface area (Å²) in [6, 6.07) is 11.4. The maximum absolute atomic E-state index is 13.7. The van der Waals surface area contributed by atoms with Gasteiger partial charge in [0.1, 0.15) is 21.2 Å². The fourth-order valence-corrected chi connectivity index (χ4v) is 9.20. The van der Waals surface area contributed by atoms with Crippen LogP contribution < -0.4 is 19.3 Å². The summed E-state index contributed by atoms with van der Waals surface area (Å²) in [5.41, 5.74) is 1.28. The highest BCUT2D eigenvalue weighted by Crippen LogP contribution is 2.77. The molecule has 2 aromatic carbocycles. The molecular weight excluding hydrogens is 673 g/mol. The number of benzene rings is 2. The predicted molar refractivity (Wildman–Crippen MR) is 160 cm³/mol. The van der Waals surface area contributed by atoms with Crippen LogP contribution in [-0.4, -0.2) is 51.4 Å². The van der Waals surface area contributed by atoms with Gasteiger partial charge in [0.15, 0.2) is 4.33 Å². The molecular formula is C28H20Cl6N2O6. The van der Waals surface area contributed by atoms with Crippen LogP contribution in [0.1, 0.15) is 12.0 Å². The van der Waals surface area contributed by atoms with Gasteiger partial charge in [-0.05, 0) is 42.8 Å². The van der Waals surface area contributed by atoms with Gasteiger partial charge in [0.2, 0.25) is 17.7 Å². The third-order valence-electron chi connectivity index (χ3n) is 8.36. The maximum atomic E-state index is 13.7. The lowest BCUT2D eigenvalue weighted by Gasteiger charge is -2.34. The number of carbonyl (C=O) groups excluding carboxylic acids is 4. The summed E-state index contributed by atoms with van der Waals surface area (Å²) in [5, 5.41) is -0.353. The Bertz CT molecular complexity index is 1580. The molecule has 14 heteroatoms. The van der Waals surface area contributed by atoms with E-state index in [1.54, 1.807) is 31.2 Å². The monoisotopic (exact) mass is 690 g/mol. The molecule has 1 saturated carbocycles. The highest BCUT2D eigenvalue weighted by Gasteiger charge is 2.87. The molecule has 5 atom stereocenters. The Labute approximate surface area is 270 Å². The van der Waals surface area contributed by atoms with Crippen LogP contribution in [0.3, 0.4) is 0 Å². The van der Waals surface area contributed by atoms with Gasteiger partial charge in [-0.3, -0.25) is 19.2 Å². The maximum Gasteiger partial charge on any atom is 0.316 e. The second-order valence-corrected chi connectivity index (χ2v) is 13.8. The fourth-order valence-electron chi connectivity index (χ4n) is 6.27. The van der Waals surface area contributed by atoms with Crippen LogP contribution in [0.15, 0.2) is 52.5 Å². The van der Waals surface area contributed by atoms with E-state index in [0.717, 1.165) is 4.90 Å². The quantitative estimate of drug-likeness (QED) is 0.167. The summed E-state index contributed by atoms with van der Waals surface area (Å²) >= 11 is 39.4. The summed E-state index contributed by atoms with van der Waals surface area (Å²) in [4.78, 5) is 51.6. The molecule has 0 radical (unpaired) electrons. The molecule has 0 aromatic heterocycles. The van der Waals surface area contributed by atoms with Crippen LogP contribution in [0.5, 0.6) is 11.5 Å². The highest BCUT2D eigenvalue weighted by atomic mass is 35.5. The van der Waals surface area contributed by atoms with Crippen molar-refractivity contribution in [2.45, 2.75) is 27.4 Å². The van der Waals surface area contributed by atoms with Crippen molar-refractivity contribution >= 4 is 105 Å². The van der Waals surface area contributed by atoms with E-state index in [0.29, 0.717) is 17.0 Å². The lowest BCUT2D eigenvalue weighted by molar-refractivity contribution is -0.139. The van der Waals surface area contributed by atoms with Crippen molar-refractivity contribution in [1.29, 1.82) is 0 Å². The summed E-state index contributed by atoms with van der Waals surface area (Å²) < 4.78 is 8.78. The predicted octanol–water partition coefficient (Wildman–Crippen LogP) is 5.91. The van der Waals surface area contributed by atoms with Crippen LogP contribution in [0.25, 0.3) is 0 Å². The van der Waals surface area contributed by atoms with Gasteiger partial charge in [0, 0.05) is 24.7 Å². The molecule has 4 aliphatic rings. The van der Waals surface area contributed by atoms with Gasteiger partial charge < -0.3 is 14.4 Å². The molecule has 2 heterocycles. The molecule has 2 aliphatic carbocycles. The first-order valence-corrected chi connectivity index (χ1v) is 14.9. The Kier molecular flexibility index (Phi) is 7.04. The summed E-state index contributed by atoms with van der Waals surface area (Å²) in [6.45, 7) is 1.78. The number of alkyl halides is 4. The molecule has 2 aliphatic heterocycles. The zero-order chi connectivity index (χ0) is 30.5. The number of rotatable bonds is 5. The molecule has 0 unspecified atom stereocenters. The second kappa shape index (κ2) is 9.91. The number of carbonyl (C=O) groups is 4. The van der Waals surface area contributed by atoms with E-state index in [-0.39, 0.29) is 40.4 Å². The third kappa shape index (κ3) is 3.75. The molecule has 2 bridgehead atoms. The van der Waals surface area contributed by atoms with Gasteiger partial charge in [-0.25, -0.2) is 4.90 Å². The lowest BCUT2D eigenvalue weighted by Crippen LogP contribution is -2.50. The minimum absolute atomic E-state index is 0.0190. The number of nitrogens with zero attached hydrogens (tertiary/aromatic N) is 2. The zero-order valence-electron chi connectivity index (χ0n) is 21.8. The normalized spacial score (nSPS) is 31.3. The number of halogens is 6. The van der Waals surface area contributed by atoms with E-state index in [1.807, 2.05) is 0 Å². The van der Waals surface area contributed by atoms with Crippen molar-refractivity contribution in [1.82, 2.24) is 0 Å². The molecule has 2 aromatic rings. The standard InChI is InChI=1S/C28H20Cl6N2O6/c1-12-8-16(42-25(40)13-9-18(37)35(11-13)14-4-3-5-15(10-14)41-2)6-7-17(12)36-23(38)19-20(24(36)39)27(32)22(30)21(29)26(19,31)28(27,33)34/h3-8,10,13,19-20H,9,11H2,1-2H3/t13-,19-,20-,26-,27-/m1/s1. The molecule has 2 saturated heterocycles. The van der Waals surface area contributed by atoms with Gasteiger partial charge in [-0.15, -0.1) is 23.2 Å². The molecule has 42 heavy (non-hydrogen) atoms. The van der Waals surface area contributed by atoms with Gasteiger partial charge in [0.25, 0.3) is 0 Å². The SMILES string of the molecule is COc1cccc(N2C[C@H](C(=O)Oc3ccc(N4C(=O)[C@H]5[C@H](C4=O)[C@@]4(Cl)C(Cl)=C(Cl)[C@@]5(Cl)C4(Cl)Cl)c(C)c3)CC2=O)c1. The molecule has 0 N–H and O–H groups in total. The van der Waals surface area contributed by atoms with E-state index in [9.17, 15) is 19.2 Å². The first kappa shape index (κ1) is 29.9. The summed E-state index contributed by atoms with van der Waals surface area (Å²) in [7, 11) is 1.53. The molecule has 3 amide bonds. The number of fused-ring (bicyclic) bond motifs is 5. The van der Waals surface area contributed by atoms with Crippen molar-refractivity contribution in [3.8, 4) is 11.5 Å². The van der Waals surface area contributed by atoms with Crippen LogP contribution in [0.2, 0.25) is 0 Å². The Morgan fingerprint density at radius 3 is 2.10 bits per heavy atom. The van der Waals surface area contributed by atoms with Crippen LogP contribution in [0, 0.1) is 24.7 Å². The molecule has 220 valence electrons. The van der Waals surface area contributed by atoms with Crippen molar-refractivity contribution in [3.05, 3.63) is 58.1 Å². The number of aryl methyl sites for hydroxylation is 1. The van der Waals surface area contributed by atoms with E-state index in [2.05, 4.69) is 0 Å². The second-order valence-electron chi connectivity index (χ2n) is 10.6. The van der Waals surface area contributed by atoms with Crippen LogP contribution >= 0.6 is 69.6 Å². The van der Waals surface area contributed by atoms with Crippen molar-refractivity contribution in [2.75, 3.05) is 23.5 Å². The number of amides is 3. The van der Waals surface area contributed by atoms with Gasteiger partial charge >= 0.3 is 5.97 Å². The topological polar surface area (TPSA) is 93.2 Å². The number of methoxy groups -OCH3 is 1. The first-order valence-electron chi connectivity index (χ1n) is 12.7. The van der Waals surface area contributed by atoms with E-state index < -0.39 is 49.6 Å². The van der Waals surface area contributed by atoms with E-state index >= 15 is 0 Å². The Balaban J connectivity index is 1.21. The number of ether oxygens (including phenoxy) is 2. The Morgan fingerprint density at radius 2 is 1.52 bits per heavy atom. The molecule has 3 fully saturated rings. The number of esters is 1.